The lowest BCUT2D eigenvalue weighted by molar-refractivity contribution is 0.725. The lowest BCUT2D eigenvalue weighted by atomic mass is 10.3. The molecule has 0 saturated heterocycles. The zero-order valence-corrected chi connectivity index (χ0v) is 20.4. The monoisotopic (exact) mass is 487 g/mol. The molecule has 0 fully saturated rings. The molecule has 0 amide bonds. The van der Waals surface area contributed by atoms with Crippen molar-refractivity contribution in [1.82, 2.24) is 4.57 Å². The average molecular weight is 488 g/mol. The molecule has 5 rings (SSSR count). The van der Waals surface area contributed by atoms with Gasteiger partial charge in [0.1, 0.15) is 0 Å². The van der Waals surface area contributed by atoms with E-state index in [1.165, 1.54) is 52.2 Å². The first-order valence-electron chi connectivity index (χ1n) is 10.1. The summed E-state index contributed by atoms with van der Waals surface area (Å²) in [5, 5.41) is 8.78. The molecule has 0 radical (unpaired) electrons. The van der Waals surface area contributed by atoms with Crippen LogP contribution in [-0.4, -0.2) is 4.57 Å². The number of aromatic nitrogens is 1. The van der Waals surface area contributed by atoms with Gasteiger partial charge in [0.05, 0.1) is 33.1 Å². The van der Waals surface area contributed by atoms with E-state index in [2.05, 4.69) is 58.8 Å². The molecule has 156 valence electrons. The molecule has 7 heteroatoms. The van der Waals surface area contributed by atoms with Crippen LogP contribution >= 0.6 is 45.3 Å². The van der Waals surface area contributed by atoms with Crippen LogP contribution in [0.2, 0.25) is 0 Å². The summed E-state index contributed by atoms with van der Waals surface area (Å²) in [6.45, 7) is 10.2. The number of fused-ring (bicyclic) bond motifs is 3. The second-order valence-corrected chi connectivity index (χ2v) is 11.4. The van der Waals surface area contributed by atoms with E-state index in [4.69, 9.17) is 11.8 Å². The molecule has 5 aromatic rings. The number of allylic oxidation sites excluding steroid dienone is 1. The van der Waals surface area contributed by atoms with Crippen molar-refractivity contribution >= 4 is 77.9 Å². The van der Waals surface area contributed by atoms with Crippen LogP contribution in [0.25, 0.3) is 56.9 Å². The van der Waals surface area contributed by atoms with Crippen LogP contribution < -0.4 is 0 Å². The van der Waals surface area contributed by atoms with Crippen molar-refractivity contribution in [3.63, 3.8) is 0 Å². The van der Waals surface area contributed by atoms with Crippen LogP contribution in [-0.2, 0) is 6.54 Å². The topological polar surface area (TPSA) is 33.1 Å². The van der Waals surface area contributed by atoms with Crippen LogP contribution in [0, 0.1) is 17.9 Å². The molecular formula is C25H17N3S4. The smallest absolute Gasteiger partial charge is 0.155 e. The van der Waals surface area contributed by atoms with E-state index in [-0.39, 0.29) is 0 Å². The number of rotatable bonds is 6. The largest absolute Gasteiger partial charge is 0.339 e. The van der Waals surface area contributed by atoms with Crippen molar-refractivity contribution < 1.29 is 0 Å². The maximum atomic E-state index is 8.78. The highest BCUT2D eigenvalue weighted by molar-refractivity contribution is 7.32. The highest BCUT2D eigenvalue weighted by Gasteiger charge is 2.19. The van der Waals surface area contributed by atoms with E-state index in [1.54, 1.807) is 22.7 Å². The average Bonchev–Trinajstić information content (AvgIpc) is 3.59. The Labute approximate surface area is 202 Å². The summed E-state index contributed by atoms with van der Waals surface area (Å²) < 4.78 is 5.17. The Morgan fingerprint density at radius 2 is 1.50 bits per heavy atom. The lowest BCUT2D eigenvalue weighted by Gasteiger charge is -2.02. The first kappa shape index (κ1) is 20.9. The van der Waals surface area contributed by atoms with Gasteiger partial charge in [0.15, 0.2) is 6.20 Å². The fourth-order valence-electron chi connectivity index (χ4n) is 3.71. The molecule has 0 N–H and O–H groups in total. The van der Waals surface area contributed by atoms with Gasteiger partial charge >= 0.3 is 0 Å². The SMILES string of the molecule is [C-]#[N+]/C=C\c1ccc(-c2cc3c(s2)c2sc(-c4ccc(/C=C\C#N)s4)cc2n3CCC)s1. The van der Waals surface area contributed by atoms with Gasteiger partial charge in [-0.25, -0.2) is 4.85 Å². The van der Waals surface area contributed by atoms with E-state index < -0.39 is 0 Å². The highest BCUT2D eigenvalue weighted by Crippen LogP contribution is 2.47. The predicted molar refractivity (Wildman–Crippen MR) is 142 cm³/mol. The summed E-state index contributed by atoms with van der Waals surface area (Å²) in [4.78, 5) is 10.6. The summed E-state index contributed by atoms with van der Waals surface area (Å²) in [7, 11) is 0. The third-order valence-corrected chi connectivity index (χ3v) is 9.94. The van der Waals surface area contributed by atoms with Gasteiger partial charge in [-0.3, -0.25) is 0 Å². The molecule has 0 bridgehead atoms. The van der Waals surface area contributed by atoms with Gasteiger partial charge < -0.3 is 4.57 Å². The van der Waals surface area contributed by atoms with Crippen molar-refractivity contribution in [3.05, 3.63) is 69.8 Å². The third-order valence-electron chi connectivity index (χ3n) is 5.03. The molecule has 5 heterocycles. The Hall–Kier alpha value is -2.94. The number of nitriles is 1. The van der Waals surface area contributed by atoms with Gasteiger partial charge in [-0.1, -0.05) is 6.92 Å². The van der Waals surface area contributed by atoms with Crippen LogP contribution in [0.1, 0.15) is 23.1 Å². The zero-order valence-electron chi connectivity index (χ0n) is 17.2. The minimum Gasteiger partial charge on any atom is -0.339 e. The third kappa shape index (κ3) is 3.74. The Morgan fingerprint density at radius 1 is 0.906 bits per heavy atom. The Kier molecular flexibility index (Phi) is 5.82. The standard InChI is InChI=1S/C25H17N3S4/c1-3-13-28-18-14-22(20-8-6-16(29-20)5-4-11-26)31-24(18)25-19(28)15-23(32-25)21-9-7-17(30-21)10-12-27-2/h4-10,12,14-15H,3,13H2,1H3/b5-4-,12-10-. The maximum absolute atomic E-state index is 8.78. The molecule has 32 heavy (non-hydrogen) atoms. The van der Waals surface area contributed by atoms with Crippen LogP contribution in [0.4, 0.5) is 0 Å². The first-order chi connectivity index (χ1) is 15.7. The molecule has 0 saturated carbocycles. The summed E-state index contributed by atoms with van der Waals surface area (Å²) >= 11 is 7.17. The minimum absolute atomic E-state index is 0.996. The number of hydrogen-bond acceptors (Lipinski definition) is 5. The van der Waals surface area contributed by atoms with E-state index in [9.17, 15) is 0 Å². The van der Waals surface area contributed by atoms with E-state index in [0.717, 1.165) is 22.7 Å². The predicted octanol–water partition coefficient (Wildman–Crippen LogP) is 9.21. The van der Waals surface area contributed by atoms with Gasteiger partial charge in [0.2, 0.25) is 0 Å². The molecule has 5 aromatic heterocycles. The molecular weight excluding hydrogens is 471 g/mol. The van der Waals surface area contributed by atoms with Crippen LogP contribution in [0.5, 0.6) is 0 Å². The summed E-state index contributed by atoms with van der Waals surface area (Å²) in [6.07, 6.45) is 7.86. The summed E-state index contributed by atoms with van der Waals surface area (Å²) in [6, 6.07) is 15.2. The normalized spacial score (nSPS) is 11.8. The van der Waals surface area contributed by atoms with Gasteiger partial charge in [-0.15, -0.1) is 45.3 Å². The van der Waals surface area contributed by atoms with Crippen molar-refractivity contribution in [2.45, 2.75) is 19.9 Å². The van der Waals surface area contributed by atoms with Gasteiger partial charge in [-0.2, -0.15) is 5.26 Å². The molecule has 3 nitrogen and oxygen atoms in total. The molecule has 0 aliphatic rings. The number of thiophene rings is 4. The fourth-order valence-corrected chi connectivity index (χ4v) is 8.15. The van der Waals surface area contributed by atoms with E-state index in [0.29, 0.717) is 0 Å². The maximum Gasteiger partial charge on any atom is 0.155 e. The molecule has 0 aliphatic heterocycles. The molecule has 0 aromatic carbocycles. The van der Waals surface area contributed by atoms with Gasteiger partial charge in [0.25, 0.3) is 0 Å². The van der Waals surface area contributed by atoms with Gasteiger partial charge in [0, 0.05) is 41.9 Å². The summed E-state index contributed by atoms with van der Waals surface area (Å²) in [5.41, 5.74) is 2.63. The fraction of sp³-hybridized carbons (Fsp3) is 0.120. The highest BCUT2D eigenvalue weighted by atomic mass is 32.1. The van der Waals surface area contributed by atoms with Crippen molar-refractivity contribution in [2.75, 3.05) is 0 Å². The second kappa shape index (κ2) is 8.90. The quantitative estimate of drug-likeness (QED) is 0.173. The van der Waals surface area contributed by atoms with E-state index >= 15 is 0 Å². The Balaban J connectivity index is 1.60. The molecule has 0 spiro atoms. The number of hydrogen-bond donors (Lipinski definition) is 0. The van der Waals surface area contributed by atoms with Crippen molar-refractivity contribution in [1.29, 1.82) is 5.26 Å². The first-order valence-corrected chi connectivity index (χ1v) is 13.3. The van der Waals surface area contributed by atoms with Crippen LogP contribution in [0.15, 0.2) is 48.7 Å². The zero-order chi connectivity index (χ0) is 22.1. The minimum atomic E-state index is 0.996. The summed E-state index contributed by atoms with van der Waals surface area (Å²) in [5.74, 6) is 0. The number of nitrogens with zero attached hydrogens (tertiary/aromatic N) is 3. The molecule has 0 aliphatic carbocycles. The Morgan fingerprint density at radius 3 is 2.03 bits per heavy atom. The van der Waals surface area contributed by atoms with E-state index in [1.807, 2.05) is 34.8 Å². The van der Waals surface area contributed by atoms with Gasteiger partial charge in [-0.05, 0) is 55.0 Å². The lowest BCUT2D eigenvalue weighted by Crippen LogP contribution is -1.94. The van der Waals surface area contributed by atoms with Crippen LogP contribution in [0.3, 0.4) is 0 Å². The van der Waals surface area contributed by atoms with Crippen molar-refractivity contribution in [3.8, 4) is 25.6 Å². The van der Waals surface area contributed by atoms with Crippen molar-refractivity contribution in [2.24, 2.45) is 0 Å². The molecule has 0 unspecified atom stereocenters. The molecule has 0 atom stereocenters. The Bertz CT molecular complexity index is 1450. The number of aryl methyl sites for hydroxylation is 1. The second-order valence-electron chi connectivity index (χ2n) is 7.11.